The van der Waals surface area contributed by atoms with Crippen LogP contribution in [0, 0.1) is 0 Å². The fourth-order valence-electron chi connectivity index (χ4n) is 1.30. The lowest BCUT2D eigenvalue weighted by Crippen LogP contribution is -2.34. The SMILES string of the molecule is CN=C(NC)NCc1cccnc1OCC(F)(F)F.I. The molecule has 0 unspecified atom stereocenters. The van der Waals surface area contributed by atoms with Gasteiger partial charge in [0, 0.05) is 32.4 Å². The summed E-state index contributed by atoms with van der Waals surface area (Å²) in [6.45, 7) is -1.10. The zero-order chi connectivity index (χ0) is 14.3. The van der Waals surface area contributed by atoms with Crippen molar-refractivity contribution in [1.82, 2.24) is 15.6 Å². The maximum atomic E-state index is 12.1. The molecule has 114 valence electrons. The first-order valence-corrected chi connectivity index (χ1v) is 5.48. The lowest BCUT2D eigenvalue weighted by Gasteiger charge is -2.13. The van der Waals surface area contributed by atoms with E-state index in [0.717, 1.165) is 0 Å². The van der Waals surface area contributed by atoms with E-state index in [1.54, 1.807) is 26.2 Å². The van der Waals surface area contributed by atoms with Gasteiger partial charge in [-0.25, -0.2) is 4.98 Å². The molecule has 20 heavy (non-hydrogen) atoms. The highest BCUT2D eigenvalue weighted by molar-refractivity contribution is 14.0. The average molecular weight is 404 g/mol. The van der Waals surface area contributed by atoms with Crippen molar-refractivity contribution < 1.29 is 17.9 Å². The van der Waals surface area contributed by atoms with Gasteiger partial charge < -0.3 is 15.4 Å². The average Bonchev–Trinajstić information content (AvgIpc) is 2.38. The Morgan fingerprint density at radius 2 is 2.15 bits per heavy atom. The highest BCUT2D eigenvalue weighted by Gasteiger charge is 2.29. The number of guanidine groups is 1. The molecule has 9 heteroatoms. The highest BCUT2D eigenvalue weighted by Crippen LogP contribution is 2.19. The van der Waals surface area contributed by atoms with Crippen molar-refractivity contribution in [2.45, 2.75) is 12.7 Å². The largest absolute Gasteiger partial charge is 0.468 e. The predicted molar refractivity (Wildman–Crippen MR) is 80.5 cm³/mol. The third-order valence-corrected chi connectivity index (χ3v) is 2.13. The number of aliphatic imine (C=N–C) groups is 1. The summed E-state index contributed by atoms with van der Waals surface area (Å²) in [7, 11) is 3.27. The number of pyridine rings is 1. The second-order valence-electron chi connectivity index (χ2n) is 3.55. The van der Waals surface area contributed by atoms with E-state index in [9.17, 15) is 13.2 Å². The topological polar surface area (TPSA) is 58.5 Å². The summed E-state index contributed by atoms with van der Waals surface area (Å²) >= 11 is 0. The third kappa shape index (κ3) is 6.78. The van der Waals surface area contributed by atoms with Crippen LogP contribution in [0.2, 0.25) is 0 Å². The minimum Gasteiger partial charge on any atom is -0.468 e. The molecule has 1 aromatic heterocycles. The fraction of sp³-hybridized carbons (Fsp3) is 0.455. The predicted octanol–water partition coefficient (Wildman–Crippen LogP) is 1.94. The second kappa shape index (κ2) is 8.82. The Labute approximate surface area is 132 Å². The van der Waals surface area contributed by atoms with Crippen molar-refractivity contribution in [3.05, 3.63) is 23.9 Å². The summed E-state index contributed by atoms with van der Waals surface area (Å²) < 4.78 is 41.0. The smallest absolute Gasteiger partial charge is 0.422 e. The maximum Gasteiger partial charge on any atom is 0.422 e. The molecule has 0 aliphatic heterocycles. The lowest BCUT2D eigenvalue weighted by molar-refractivity contribution is -0.154. The monoisotopic (exact) mass is 404 g/mol. The number of rotatable bonds is 4. The van der Waals surface area contributed by atoms with Crippen LogP contribution in [0.25, 0.3) is 0 Å². The van der Waals surface area contributed by atoms with Crippen LogP contribution in [0.5, 0.6) is 5.88 Å². The van der Waals surface area contributed by atoms with E-state index in [1.807, 2.05) is 0 Å². The van der Waals surface area contributed by atoms with Gasteiger partial charge in [-0.3, -0.25) is 4.99 Å². The number of ether oxygens (including phenoxy) is 1. The molecule has 0 saturated carbocycles. The summed E-state index contributed by atoms with van der Waals surface area (Å²) in [5.74, 6) is 0.476. The highest BCUT2D eigenvalue weighted by atomic mass is 127. The van der Waals surface area contributed by atoms with E-state index < -0.39 is 12.8 Å². The summed E-state index contributed by atoms with van der Waals surface area (Å²) in [6, 6.07) is 3.26. The molecule has 0 radical (unpaired) electrons. The molecule has 0 saturated heterocycles. The van der Waals surface area contributed by atoms with Gasteiger partial charge in [0.15, 0.2) is 12.6 Å². The molecule has 1 aromatic rings. The molecule has 0 aliphatic rings. The van der Waals surface area contributed by atoms with E-state index in [4.69, 9.17) is 0 Å². The van der Waals surface area contributed by atoms with Crippen molar-refractivity contribution in [1.29, 1.82) is 0 Å². The minimum absolute atomic E-state index is 0. The summed E-state index contributed by atoms with van der Waals surface area (Å²) in [5, 5.41) is 5.71. The molecule has 0 atom stereocenters. The minimum atomic E-state index is -4.39. The summed E-state index contributed by atoms with van der Waals surface area (Å²) in [4.78, 5) is 7.68. The van der Waals surface area contributed by atoms with Crippen LogP contribution < -0.4 is 15.4 Å². The Morgan fingerprint density at radius 3 is 2.70 bits per heavy atom. The number of nitrogens with zero attached hydrogens (tertiary/aromatic N) is 2. The molecular weight excluding hydrogens is 388 g/mol. The second-order valence-corrected chi connectivity index (χ2v) is 3.55. The van der Waals surface area contributed by atoms with Gasteiger partial charge in [0.25, 0.3) is 0 Å². The number of hydrogen-bond donors (Lipinski definition) is 2. The van der Waals surface area contributed by atoms with E-state index in [2.05, 4.69) is 25.3 Å². The third-order valence-electron chi connectivity index (χ3n) is 2.13. The van der Waals surface area contributed by atoms with Gasteiger partial charge in [-0.1, -0.05) is 6.07 Å². The Kier molecular flexibility index (Phi) is 8.26. The molecule has 0 amide bonds. The number of halogens is 4. The van der Waals surface area contributed by atoms with Crippen LogP contribution in [-0.4, -0.2) is 37.8 Å². The molecule has 1 rings (SSSR count). The van der Waals surface area contributed by atoms with Crippen molar-refractivity contribution in [2.24, 2.45) is 4.99 Å². The number of hydrogen-bond acceptors (Lipinski definition) is 3. The van der Waals surface area contributed by atoms with E-state index in [1.165, 1.54) is 6.20 Å². The first kappa shape index (κ1) is 18.7. The van der Waals surface area contributed by atoms with E-state index in [0.29, 0.717) is 11.5 Å². The fourth-order valence-corrected chi connectivity index (χ4v) is 1.30. The summed E-state index contributed by atoms with van der Waals surface area (Å²) in [6.07, 6.45) is -3.01. The van der Waals surface area contributed by atoms with Crippen LogP contribution in [0.15, 0.2) is 23.3 Å². The Morgan fingerprint density at radius 1 is 1.45 bits per heavy atom. The Hall–Kier alpha value is -1.26. The van der Waals surface area contributed by atoms with Crippen molar-refractivity contribution in [3.63, 3.8) is 0 Å². The van der Waals surface area contributed by atoms with E-state index in [-0.39, 0.29) is 36.4 Å². The van der Waals surface area contributed by atoms with Crippen molar-refractivity contribution >= 4 is 29.9 Å². The zero-order valence-corrected chi connectivity index (χ0v) is 13.3. The first-order valence-electron chi connectivity index (χ1n) is 5.48. The van der Waals surface area contributed by atoms with Gasteiger partial charge in [-0.05, 0) is 6.07 Å². The molecule has 0 fully saturated rings. The first-order chi connectivity index (χ1) is 8.96. The van der Waals surface area contributed by atoms with Crippen LogP contribution >= 0.6 is 24.0 Å². The molecule has 2 N–H and O–H groups in total. The molecule has 0 aromatic carbocycles. The van der Waals surface area contributed by atoms with Gasteiger partial charge in [-0.2, -0.15) is 13.2 Å². The normalized spacial score (nSPS) is 11.6. The zero-order valence-electron chi connectivity index (χ0n) is 11.0. The standard InChI is InChI=1S/C11H15F3N4O.HI/c1-15-10(16-2)18-6-8-4-3-5-17-9(8)19-7-11(12,13)14;/h3-5H,6-7H2,1-2H3,(H2,15,16,18);1H. The van der Waals surface area contributed by atoms with Gasteiger partial charge in [0.05, 0.1) is 0 Å². The van der Waals surface area contributed by atoms with Crippen LogP contribution in [0.1, 0.15) is 5.56 Å². The molecule has 5 nitrogen and oxygen atoms in total. The Bertz CT molecular complexity index is 440. The van der Waals surface area contributed by atoms with E-state index >= 15 is 0 Å². The quantitative estimate of drug-likeness (QED) is 0.458. The van der Waals surface area contributed by atoms with Crippen LogP contribution in [-0.2, 0) is 6.54 Å². The van der Waals surface area contributed by atoms with Crippen LogP contribution in [0.4, 0.5) is 13.2 Å². The van der Waals surface area contributed by atoms with Gasteiger partial charge in [0.1, 0.15) is 0 Å². The Balaban J connectivity index is 0.00000361. The maximum absolute atomic E-state index is 12.1. The summed E-state index contributed by atoms with van der Waals surface area (Å²) in [5.41, 5.74) is 0.517. The number of aromatic nitrogens is 1. The van der Waals surface area contributed by atoms with Crippen LogP contribution in [0.3, 0.4) is 0 Å². The lowest BCUT2D eigenvalue weighted by atomic mass is 10.2. The van der Waals surface area contributed by atoms with Gasteiger partial charge in [-0.15, -0.1) is 24.0 Å². The van der Waals surface area contributed by atoms with Crippen molar-refractivity contribution in [3.8, 4) is 5.88 Å². The molecule has 0 spiro atoms. The molecule has 0 bridgehead atoms. The molecule has 1 heterocycles. The molecule has 0 aliphatic carbocycles. The van der Waals surface area contributed by atoms with Gasteiger partial charge >= 0.3 is 6.18 Å². The molecular formula is C11H16F3IN4O. The van der Waals surface area contributed by atoms with Gasteiger partial charge in [0.2, 0.25) is 5.88 Å². The number of nitrogens with one attached hydrogen (secondary N) is 2. The number of alkyl halides is 3. The van der Waals surface area contributed by atoms with Crippen molar-refractivity contribution in [2.75, 3.05) is 20.7 Å².